The molecule has 2 aliphatic rings. The van der Waals surface area contributed by atoms with Crippen LogP contribution >= 0.6 is 0 Å². The van der Waals surface area contributed by atoms with Crippen molar-refractivity contribution >= 4 is 17.9 Å². The summed E-state index contributed by atoms with van der Waals surface area (Å²) in [6, 6.07) is 11.8. The van der Waals surface area contributed by atoms with E-state index in [1.165, 1.54) is 5.56 Å². The molecule has 33 heavy (non-hydrogen) atoms. The number of hydrogen-bond donors (Lipinski definition) is 0. The normalized spacial score (nSPS) is 16.8. The van der Waals surface area contributed by atoms with Crippen LogP contribution in [0.5, 0.6) is 0 Å². The highest BCUT2D eigenvalue weighted by atomic mass is 16.6. The van der Waals surface area contributed by atoms with Gasteiger partial charge >= 0.3 is 12.1 Å². The van der Waals surface area contributed by atoms with Crippen molar-refractivity contribution in [1.29, 1.82) is 0 Å². The summed E-state index contributed by atoms with van der Waals surface area (Å²) in [5.41, 5.74) is 2.81. The summed E-state index contributed by atoms with van der Waals surface area (Å²) in [4.78, 5) is 33.5. The first kappa shape index (κ1) is 23.1. The zero-order valence-corrected chi connectivity index (χ0v) is 19.8. The number of fused-ring (bicyclic) bond motifs is 1. The van der Waals surface area contributed by atoms with Gasteiger partial charge < -0.3 is 19.3 Å². The molecule has 0 unspecified atom stereocenters. The largest absolute Gasteiger partial charge is 0.460 e. The minimum Gasteiger partial charge on any atom is -0.460 e. The average Bonchev–Trinajstić information content (AvgIpc) is 2.81. The molecule has 176 valence electrons. The van der Waals surface area contributed by atoms with Crippen LogP contribution in [0.25, 0.3) is 0 Å². The topological polar surface area (TPSA) is 72.0 Å². The molecule has 0 spiro atoms. The zero-order valence-electron chi connectivity index (χ0n) is 19.8. The Morgan fingerprint density at radius 1 is 1.06 bits per heavy atom. The summed E-state index contributed by atoms with van der Waals surface area (Å²) >= 11 is 0. The Balaban J connectivity index is 1.30. The number of rotatable bonds is 4. The SMILES string of the molecule is CC(C)(C)OC(=O)C1CCN(c2cc3c(cn2)CN(C(=O)OCc2ccccc2)CC3)CC1. The molecule has 0 bridgehead atoms. The second-order valence-electron chi connectivity index (χ2n) is 9.82. The molecule has 1 aromatic heterocycles. The van der Waals surface area contributed by atoms with Crippen LogP contribution in [0.15, 0.2) is 42.6 Å². The van der Waals surface area contributed by atoms with Crippen LogP contribution in [-0.2, 0) is 33.8 Å². The second-order valence-corrected chi connectivity index (χ2v) is 9.82. The van der Waals surface area contributed by atoms with Gasteiger partial charge in [0, 0.05) is 25.8 Å². The van der Waals surface area contributed by atoms with E-state index < -0.39 is 5.60 Å². The predicted molar refractivity (Wildman–Crippen MR) is 126 cm³/mol. The fourth-order valence-electron chi connectivity index (χ4n) is 4.30. The average molecular weight is 452 g/mol. The van der Waals surface area contributed by atoms with Gasteiger partial charge in [-0.2, -0.15) is 0 Å². The van der Waals surface area contributed by atoms with Crippen LogP contribution in [-0.4, -0.2) is 47.2 Å². The van der Waals surface area contributed by atoms with Gasteiger partial charge in [-0.05, 0) is 62.8 Å². The maximum atomic E-state index is 12.5. The molecular weight excluding hydrogens is 418 g/mol. The Bertz CT molecular complexity index is 979. The second kappa shape index (κ2) is 9.81. The zero-order chi connectivity index (χ0) is 23.4. The highest BCUT2D eigenvalue weighted by Crippen LogP contribution is 2.27. The standard InChI is InChI=1S/C26H33N3O4/c1-26(2,3)33-24(30)20-9-12-28(13-10-20)23-15-21-11-14-29(17-22(21)16-27-23)25(31)32-18-19-7-5-4-6-8-19/h4-8,15-16,20H,9-14,17-18H2,1-3H3. The van der Waals surface area contributed by atoms with Gasteiger partial charge in [0.15, 0.2) is 0 Å². The quantitative estimate of drug-likeness (QED) is 0.644. The summed E-state index contributed by atoms with van der Waals surface area (Å²) in [7, 11) is 0. The number of hydrogen-bond acceptors (Lipinski definition) is 6. The van der Waals surface area contributed by atoms with E-state index in [1.807, 2.05) is 57.3 Å². The fourth-order valence-corrected chi connectivity index (χ4v) is 4.30. The van der Waals surface area contributed by atoms with Crippen molar-refractivity contribution in [2.45, 2.75) is 58.8 Å². The highest BCUT2D eigenvalue weighted by Gasteiger charge is 2.30. The number of benzene rings is 1. The van der Waals surface area contributed by atoms with Gasteiger partial charge in [-0.15, -0.1) is 0 Å². The van der Waals surface area contributed by atoms with E-state index >= 15 is 0 Å². The van der Waals surface area contributed by atoms with E-state index in [-0.39, 0.29) is 24.6 Å². The van der Waals surface area contributed by atoms with Gasteiger partial charge in [-0.1, -0.05) is 30.3 Å². The number of aromatic nitrogens is 1. The first-order chi connectivity index (χ1) is 15.8. The van der Waals surface area contributed by atoms with Crippen molar-refractivity contribution in [3.8, 4) is 0 Å². The lowest BCUT2D eigenvalue weighted by atomic mass is 9.96. The Kier molecular flexibility index (Phi) is 6.86. The molecule has 7 heteroatoms. The molecule has 1 fully saturated rings. The molecule has 7 nitrogen and oxygen atoms in total. The first-order valence-electron chi connectivity index (χ1n) is 11.7. The highest BCUT2D eigenvalue weighted by molar-refractivity contribution is 5.73. The molecular formula is C26H33N3O4. The fraction of sp³-hybridized carbons (Fsp3) is 0.500. The van der Waals surface area contributed by atoms with Gasteiger partial charge in [0.05, 0.1) is 12.5 Å². The first-order valence-corrected chi connectivity index (χ1v) is 11.7. The summed E-state index contributed by atoms with van der Waals surface area (Å²) in [6.07, 6.45) is 3.91. The summed E-state index contributed by atoms with van der Waals surface area (Å²) in [5, 5.41) is 0. The number of nitrogens with zero attached hydrogens (tertiary/aromatic N) is 3. The minimum atomic E-state index is -0.448. The summed E-state index contributed by atoms with van der Waals surface area (Å²) in [5.74, 6) is 0.796. The lowest BCUT2D eigenvalue weighted by molar-refractivity contribution is -0.160. The van der Waals surface area contributed by atoms with Gasteiger partial charge in [0.2, 0.25) is 0 Å². The third kappa shape index (κ3) is 6.03. The van der Waals surface area contributed by atoms with Crippen LogP contribution in [0, 0.1) is 5.92 Å². The molecule has 2 aromatic rings. The maximum Gasteiger partial charge on any atom is 0.410 e. The summed E-state index contributed by atoms with van der Waals surface area (Å²) in [6.45, 7) is 8.70. The van der Waals surface area contributed by atoms with Crippen molar-refractivity contribution < 1.29 is 19.1 Å². The van der Waals surface area contributed by atoms with E-state index in [1.54, 1.807) is 4.90 Å². The van der Waals surface area contributed by atoms with Crippen molar-refractivity contribution in [1.82, 2.24) is 9.88 Å². The molecule has 1 amide bonds. The molecule has 4 rings (SSSR count). The number of carbonyl (C=O) groups is 2. The predicted octanol–water partition coefficient (Wildman–Crippen LogP) is 4.33. The van der Waals surface area contributed by atoms with Crippen molar-refractivity contribution in [2.75, 3.05) is 24.5 Å². The monoisotopic (exact) mass is 451 g/mol. The maximum absolute atomic E-state index is 12.5. The number of amides is 1. The Morgan fingerprint density at radius 3 is 2.48 bits per heavy atom. The van der Waals surface area contributed by atoms with Crippen LogP contribution in [0.1, 0.15) is 50.3 Å². The van der Waals surface area contributed by atoms with Gasteiger partial charge in [-0.3, -0.25) is 4.79 Å². The molecule has 1 aromatic carbocycles. The van der Waals surface area contributed by atoms with E-state index in [9.17, 15) is 9.59 Å². The van der Waals surface area contributed by atoms with Gasteiger partial charge in [0.25, 0.3) is 0 Å². The van der Waals surface area contributed by atoms with Crippen LogP contribution in [0.3, 0.4) is 0 Å². The molecule has 1 saturated heterocycles. The van der Waals surface area contributed by atoms with E-state index in [0.29, 0.717) is 13.1 Å². The Hall–Kier alpha value is -3.09. The number of carbonyl (C=O) groups excluding carboxylic acids is 2. The lowest BCUT2D eigenvalue weighted by Crippen LogP contribution is -2.39. The van der Waals surface area contributed by atoms with Crippen LogP contribution in [0.4, 0.5) is 10.6 Å². The third-order valence-corrected chi connectivity index (χ3v) is 6.10. The third-order valence-electron chi connectivity index (χ3n) is 6.10. The number of anilines is 1. The molecule has 0 aliphatic carbocycles. The van der Waals surface area contributed by atoms with Crippen molar-refractivity contribution in [3.05, 3.63) is 59.3 Å². The van der Waals surface area contributed by atoms with Crippen LogP contribution < -0.4 is 4.90 Å². The van der Waals surface area contributed by atoms with E-state index in [2.05, 4.69) is 16.0 Å². The number of piperidine rings is 1. The van der Waals surface area contributed by atoms with E-state index in [0.717, 1.165) is 49.3 Å². The molecule has 0 saturated carbocycles. The van der Waals surface area contributed by atoms with E-state index in [4.69, 9.17) is 9.47 Å². The Labute approximate surface area is 195 Å². The smallest absolute Gasteiger partial charge is 0.410 e. The van der Waals surface area contributed by atoms with Gasteiger partial charge in [0.1, 0.15) is 18.0 Å². The number of pyridine rings is 1. The van der Waals surface area contributed by atoms with Crippen LogP contribution in [0.2, 0.25) is 0 Å². The van der Waals surface area contributed by atoms with Crippen molar-refractivity contribution in [2.24, 2.45) is 5.92 Å². The molecule has 0 atom stereocenters. The van der Waals surface area contributed by atoms with Crippen molar-refractivity contribution in [3.63, 3.8) is 0 Å². The summed E-state index contributed by atoms with van der Waals surface area (Å²) < 4.78 is 11.0. The lowest BCUT2D eigenvalue weighted by Gasteiger charge is -2.34. The molecule has 3 heterocycles. The molecule has 0 radical (unpaired) electrons. The number of esters is 1. The minimum absolute atomic E-state index is 0.0476. The molecule has 2 aliphatic heterocycles. The Morgan fingerprint density at radius 2 is 1.79 bits per heavy atom. The number of ether oxygens (including phenoxy) is 2. The molecule has 0 N–H and O–H groups in total. The van der Waals surface area contributed by atoms with Gasteiger partial charge in [-0.25, -0.2) is 9.78 Å².